The number of carbonyl (C=O) groups is 2. The zero-order valence-electron chi connectivity index (χ0n) is 14.4. The summed E-state index contributed by atoms with van der Waals surface area (Å²) in [7, 11) is 0. The Bertz CT molecular complexity index is 824. The number of nitriles is 1. The van der Waals surface area contributed by atoms with Gasteiger partial charge in [0.2, 0.25) is 11.8 Å². The molecule has 3 N–H and O–H groups in total. The molecule has 2 amide bonds. The standard InChI is InChI=1S/C21H21N3O2/c22-13-7-1-2-12-18(20(23)25)24-21(26)19-16-10-5-3-8-14(16)15-9-4-6-11-17(15)19/h3-6,8-11,18-19H,1-2,7,12H2,(H2,23,25)(H,24,26)/t18-/m0/s1. The molecule has 5 heteroatoms. The third-order valence-corrected chi connectivity index (χ3v) is 4.79. The molecular formula is C21H21N3O2. The molecule has 2 aromatic rings. The molecule has 1 atom stereocenters. The van der Waals surface area contributed by atoms with E-state index in [2.05, 4.69) is 11.4 Å². The van der Waals surface area contributed by atoms with Gasteiger partial charge in [0.05, 0.1) is 12.0 Å². The van der Waals surface area contributed by atoms with E-state index in [0.29, 0.717) is 25.7 Å². The topological polar surface area (TPSA) is 96.0 Å². The van der Waals surface area contributed by atoms with Crippen LogP contribution in [-0.4, -0.2) is 17.9 Å². The van der Waals surface area contributed by atoms with Crippen LogP contribution in [0.25, 0.3) is 11.1 Å². The molecule has 3 rings (SSSR count). The summed E-state index contributed by atoms with van der Waals surface area (Å²) < 4.78 is 0. The van der Waals surface area contributed by atoms with Crippen LogP contribution >= 0.6 is 0 Å². The number of nitrogens with two attached hydrogens (primary N) is 1. The van der Waals surface area contributed by atoms with Crippen LogP contribution in [-0.2, 0) is 9.59 Å². The van der Waals surface area contributed by atoms with Crippen LogP contribution in [0.15, 0.2) is 48.5 Å². The van der Waals surface area contributed by atoms with Crippen molar-refractivity contribution >= 4 is 11.8 Å². The number of fused-ring (bicyclic) bond motifs is 3. The van der Waals surface area contributed by atoms with Gasteiger partial charge in [0.1, 0.15) is 6.04 Å². The second kappa shape index (κ2) is 7.83. The van der Waals surface area contributed by atoms with Gasteiger partial charge in [-0.15, -0.1) is 0 Å². The highest BCUT2D eigenvalue weighted by molar-refractivity contribution is 5.98. The second-order valence-electron chi connectivity index (χ2n) is 6.47. The SMILES string of the molecule is N#CCCCC[C@H](NC(=O)C1c2ccccc2-c2ccccc21)C(N)=O. The smallest absolute Gasteiger partial charge is 0.240 e. The lowest BCUT2D eigenvalue weighted by molar-refractivity contribution is -0.127. The Kier molecular flexibility index (Phi) is 5.33. The number of rotatable bonds is 7. The van der Waals surface area contributed by atoms with Crippen LogP contribution in [0.2, 0.25) is 0 Å². The zero-order valence-corrected chi connectivity index (χ0v) is 14.4. The Hall–Kier alpha value is -3.13. The molecule has 1 aliphatic carbocycles. The van der Waals surface area contributed by atoms with Gasteiger partial charge in [-0.3, -0.25) is 9.59 Å². The largest absolute Gasteiger partial charge is 0.368 e. The molecule has 0 saturated heterocycles. The maximum absolute atomic E-state index is 13.0. The summed E-state index contributed by atoms with van der Waals surface area (Å²) in [5, 5.41) is 11.4. The van der Waals surface area contributed by atoms with E-state index in [0.717, 1.165) is 22.3 Å². The van der Waals surface area contributed by atoms with E-state index >= 15 is 0 Å². The molecule has 1 aliphatic rings. The third-order valence-electron chi connectivity index (χ3n) is 4.79. The molecular weight excluding hydrogens is 326 g/mol. The minimum Gasteiger partial charge on any atom is -0.368 e. The van der Waals surface area contributed by atoms with Gasteiger partial charge < -0.3 is 11.1 Å². The third kappa shape index (κ3) is 3.45. The number of nitrogens with one attached hydrogen (secondary N) is 1. The van der Waals surface area contributed by atoms with Crippen molar-refractivity contribution in [3.05, 3.63) is 59.7 Å². The molecule has 5 nitrogen and oxygen atoms in total. The molecule has 0 radical (unpaired) electrons. The molecule has 26 heavy (non-hydrogen) atoms. The molecule has 132 valence electrons. The van der Waals surface area contributed by atoms with E-state index in [1.807, 2.05) is 48.5 Å². The summed E-state index contributed by atoms with van der Waals surface area (Å²) in [5.41, 5.74) is 9.45. The Labute approximate surface area is 152 Å². The molecule has 0 saturated carbocycles. The van der Waals surface area contributed by atoms with Crippen LogP contribution < -0.4 is 11.1 Å². The fraction of sp³-hybridized carbons (Fsp3) is 0.286. The van der Waals surface area contributed by atoms with Crippen LogP contribution in [0.4, 0.5) is 0 Å². The molecule has 0 aromatic heterocycles. The number of benzene rings is 2. The molecule has 0 fully saturated rings. The van der Waals surface area contributed by atoms with Gasteiger partial charge in [-0.2, -0.15) is 5.26 Å². The van der Waals surface area contributed by atoms with E-state index in [1.54, 1.807) is 0 Å². The van der Waals surface area contributed by atoms with Crippen molar-refractivity contribution in [2.75, 3.05) is 0 Å². The van der Waals surface area contributed by atoms with Crippen LogP contribution in [0.5, 0.6) is 0 Å². The summed E-state index contributed by atoms with van der Waals surface area (Å²) in [6, 6.07) is 17.0. The van der Waals surface area contributed by atoms with Gasteiger partial charge in [0, 0.05) is 6.42 Å². The van der Waals surface area contributed by atoms with E-state index in [4.69, 9.17) is 11.0 Å². The van der Waals surface area contributed by atoms with Gasteiger partial charge in [-0.25, -0.2) is 0 Å². The normalized spacial score (nSPS) is 13.3. The Morgan fingerprint density at radius 2 is 1.62 bits per heavy atom. The van der Waals surface area contributed by atoms with Gasteiger partial charge in [0.15, 0.2) is 0 Å². The van der Waals surface area contributed by atoms with E-state index in [-0.39, 0.29) is 5.91 Å². The zero-order chi connectivity index (χ0) is 18.5. The molecule has 0 spiro atoms. The summed E-state index contributed by atoms with van der Waals surface area (Å²) in [6.07, 6.45) is 2.23. The quantitative estimate of drug-likeness (QED) is 0.754. The molecule has 2 aromatic carbocycles. The molecule has 0 unspecified atom stereocenters. The monoisotopic (exact) mass is 347 g/mol. The predicted molar refractivity (Wildman–Crippen MR) is 98.9 cm³/mol. The average molecular weight is 347 g/mol. The lowest BCUT2D eigenvalue weighted by atomic mass is 9.95. The number of hydrogen-bond donors (Lipinski definition) is 2. The highest BCUT2D eigenvalue weighted by Gasteiger charge is 2.34. The highest BCUT2D eigenvalue weighted by atomic mass is 16.2. The first-order valence-electron chi connectivity index (χ1n) is 8.78. The van der Waals surface area contributed by atoms with Crippen molar-refractivity contribution < 1.29 is 9.59 Å². The molecule has 0 heterocycles. The van der Waals surface area contributed by atoms with Crippen LogP contribution in [0.3, 0.4) is 0 Å². The second-order valence-corrected chi connectivity index (χ2v) is 6.47. The van der Waals surface area contributed by atoms with Crippen LogP contribution in [0, 0.1) is 11.3 Å². The maximum atomic E-state index is 13.0. The van der Waals surface area contributed by atoms with Crippen LogP contribution in [0.1, 0.15) is 42.7 Å². The van der Waals surface area contributed by atoms with E-state index in [9.17, 15) is 9.59 Å². The number of unbranched alkanes of at least 4 members (excludes halogenated alkanes) is 2. The number of amides is 2. The van der Waals surface area contributed by atoms with E-state index < -0.39 is 17.9 Å². The van der Waals surface area contributed by atoms with Crippen molar-refractivity contribution in [3.63, 3.8) is 0 Å². The fourth-order valence-electron chi connectivity index (χ4n) is 3.53. The van der Waals surface area contributed by atoms with Crippen molar-refractivity contribution in [1.82, 2.24) is 5.32 Å². The first-order valence-corrected chi connectivity index (χ1v) is 8.78. The fourth-order valence-corrected chi connectivity index (χ4v) is 3.53. The molecule has 0 bridgehead atoms. The molecule has 0 aliphatic heterocycles. The summed E-state index contributed by atoms with van der Waals surface area (Å²) >= 11 is 0. The van der Waals surface area contributed by atoms with Gasteiger partial charge in [0.25, 0.3) is 0 Å². The number of nitrogens with zero attached hydrogens (tertiary/aromatic N) is 1. The first kappa shape index (κ1) is 17.7. The van der Waals surface area contributed by atoms with Gasteiger partial charge in [-0.05, 0) is 41.5 Å². The first-order chi connectivity index (χ1) is 12.6. The lowest BCUT2D eigenvalue weighted by Gasteiger charge is -2.19. The van der Waals surface area contributed by atoms with Crippen molar-refractivity contribution in [2.45, 2.75) is 37.6 Å². The summed E-state index contributed by atoms with van der Waals surface area (Å²) in [6.45, 7) is 0. The highest BCUT2D eigenvalue weighted by Crippen LogP contribution is 2.44. The van der Waals surface area contributed by atoms with Gasteiger partial charge >= 0.3 is 0 Å². The van der Waals surface area contributed by atoms with Gasteiger partial charge in [-0.1, -0.05) is 48.5 Å². The number of hydrogen-bond acceptors (Lipinski definition) is 3. The minimum atomic E-state index is -0.721. The Morgan fingerprint density at radius 1 is 1.04 bits per heavy atom. The predicted octanol–water partition coefficient (Wildman–Crippen LogP) is 2.85. The summed E-state index contributed by atoms with van der Waals surface area (Å²) in [4.78, 5) is 24.8. The van der Waals surface area contributed by atoms with Crippen molar-refractivity contribution in [1.29, 1.82) is 5.26 Å². The Balaban J connectivity index is 1.81. The van der Waals surface area contributed by atoms with Crippen molar-refractivity contribution in [3.8, 4) is 17.2 Å². The maximum Gasteiger partial charge on any atom is 0.240 e. The number of primary amides is 1. The minimum absolute atomic E-state index is 0.216. The van der Waals surface area contributed by atoms with E-state index in [1.165, 1.54) is 0 Å². The number of carbonyl (C=O) groups excluding carboxylic acids is 2. The lowest BCUT2D eigenvalue weighted by Crippen LogP contribution is -2.46. The Morgan fingerprint density at radius 3 is 2.15 bits per heavy atom. The van der Waals surface area contributed by atoms with Crippen molar-refractivity contribution in [2.24, 2.45) is 5.73 Å². The summed E-state index contributed by atoms with van der Waals surface area (Å²) in [5.74, 6) is -1.20. The average Bonchev–Trinajstić information content (AvgIpc) is 2.98.